The molecular formula is C16H13N3O3. The van der Waals surface area contributed by atoms with Gasteiger partial charge in [0.2, 0.25) is 0 Å². The molecule has 0 aliphatic carbocycles. The van der Waals surface area contributed by atoms with Crippen LogP contribution in [0.4, 0.5) is 0 Å². The van der Waals surface area contributed by atoms with Gasteiger partial charge in [0.15, 0.2) is 12.5 Å². The van der Waals surface area contributed by atoms with E-state index in [1.54, 1.807) is 48.5 Å². The fraction of sp³-hybridized carbons (Fsp3) is 0.125. The van der Waals surface area contributed by atoms with E-state index in [0.717, 1.165) is 4.68 Å². The molecule has 22 heavy (non-hydrogen) atoms. The Bertz CT molecular complexity index is 902. The quantitative estimate of drug-likeness (QED) is 0.688. The first kappa shape index (κ1) is 13.9. The van der Waals surface area contributed by atoms with Crippen molar-refractivity contribution in [3.63, 3.8) is 0 Å². The zero-order chi connectivity index (χ0) is 15.5. The Hall–Kier alpha value is -3.02. The fourth-order valence-electron chi connectivity index (χ4n) is 2.05. The second kappa shape index (κ2) is 5.77. The van der Waals surface area contributed by atoms with E-state index in [9.17, 15) is 9.59 Å². The van der Waals surface area contributed by atoms with Crippen molar-refractivity contribution in [2.75, 3.05) is 0 Å². The lowest BCUT2D eigenvalue weighted by atomic mass is 10.1. The van der Waals surface area contributed by atoms with Crippen LogP contribution in [-0.4, -0.2) is 20.8 Å². The van der Waals surface area contributed by atoms with Gasteiger partial charge in [-0.05, 0) is 31.2 Å². The lowest BCUT2D eigenvalue weighted by Crippen LogP contribution is -2.26. The first-order valence-electron chi connectivity index (χ1n) is 6.71. The van der Waals surface area contributed by atoms with Crippen molar-refractivity contribution in [2.45, 2.75) is 13.7 Å². The Morgan fingerprint density at radius 2 is 2.00 bits per heavy atom. The van der Waals surface area contributed by atoms with Gasteiger partial charge in [-0.25, -0.2) is 0 Å². The second-order valence-corrected chi connectivity index (χ2v) is 4.77. The van der Waals surface area contributed by atoms with Gasteiger partial charge in [-0.1, -0.05) is 29.5 Å². The number of Topliss-reactive ketones (excluding diaryl/α,β-unsaturated/α-hetero) is 1. The summed E-state index contributed by atoms with van der Waals surface area (Å²) in [6.45, 7) is 1.41. The molecule has 0 amide bonds. The van der Waals surface area contributed by atoms with Gasteiger partial charge in [0.05, 0.1) is 5.39 Å². The van der Waals surface area contributed by atoms with Crippen LogP contribution in [0, 0.1) is 0 Å². The molecule has 0 bridgehead atoms. The lowest BCUT2D eigenvalue weighted by Gasteiger charge is -2.08. The summed E-state index contributed by atoms with van der Waals surface area (Å²) in [7, 11) is 0. The zero-order valence-electron chi connectivity index (χ0n) is 11.9. The Morgan fingerprint density at radius 1 is 1.18 bits per heavy atom. The molecule has 6 heteroatoms. The fourth-order valence-corrected chi connectivity index (χ4v) is 2.05. The van der Waals surface area contributed by atoms with E-state index in [2.05, 4.69) is 10.3 Å². The van der Waals surface area contributed by atoms with Gasteiger partial charge in [-0.2, -0.15) is 4.68 Å². The lowest BCUT2D eigenvalue weighted by molar-refractivity contribution is 0.101. The maximum absolute atomic E-state index is 12.3. The third kappa shape index (κ3) is 2.71. The molecule has 0 fully saturated rings. The molecule has 0 aliphatic heterocycles. The third-order valence-electron chi connectivity index (χ3n) is 3.22. The number of hydrogen-bond donors (Lipinski definition) is 0. The smallest absolute Gasteiger partial charge is 0.280 e. The Morgan fingerprint density at radius 3 is 2.82 bits per heavy atom. The third-order valence-corrected chi connectivity index (χ3v) is 3.22. The van der Waals surface area contributed by atoms with Crippen molar-refractivity contribution in [3.8, 4) is 5.75 Å². The van der Waals surface area contributed by atoms with Crippen LogP contribution in [0.25, 0.3) is 10.9 Å². The maximum atomic E-state index is 12.3. The van der Waals surface area contributed by atoms with E-state index in [4.69, 9.17) is 4.74 Å². The van der Waals surface area contributed by atoms with Crippen molar-refractivity contribution in [3.05, 3.63) is 64.4 Å². The number of aromatic nitrogens is 3. The van der Waals surface area contributed by atoms with Crippen LogP contribution in [0.1, 0.15) is 17.3 Å². The van der Waals surface area contributed by atoms with Gasteiger partial charge in [-0.15, -0.1) is 5.10 Å². The molecular weight excluding hydrogens is 282 g/mol. The Kier molecular flexibility index (Phi) is 3.65. The summed E-state index contributed by atoms with van der Waals surface area (Å²) >= 11 is 0. The van der Waals surface area contributed by atoms with Crippen molar-refractivity contribution in [1.82, 2.24) is 15.0 Å². The van der Waals surface area contributed by atoms with Crippen LogP contribution < -0.4 is 10.3 Å². The normalized spacial score (nSPS) is 10.6. The topological polar surface area (TPSA) is 74.1 Å². The largest absolute Gasteiger partial charge is 0.471 e. The highest BCUT2D eigenvalue weighted by Crippen LogP contribution is 2.14. The van der Waals surface area contributed by atoms with Gasteiger partial charge < -0.3 is 4.74 Å². The average Bonchev–Trinajstić information content (AvgIpc) is 2.55. The van der Waals surface area contributed by atoms with Gasteiger partial charge in [0, 0.05) is 5.56 Å². The molecule has 110 valence electrons. The van der Waals surface area contributed by atoms with Crippen LogP contribution in [0.5, 0.6) is 5.75 Å². The van der Waals surface area contributed by atoms with E-state index in [-0.39, 0.29) is 18.1 Å². The van der Waals surface area contributed by atoms with E-state index >= 15 is 0 Å². The Labute approximate surface area is 126 Å². The summed E-state index contributed by atoms with van der Waals surface area (Å²) in [5.41, 5.74) is 0.824. The SMILES string of the molecule is CC(=O)c1cccc(OCn2nnc3ccccc3c2=O)c1. The van der Waals surface area contributed by atoms with Crippen molar-refractivity contribution >= 4 is 16.7 Å². The predicted molar refractivity (Wildman–Crippen MR) is 80.9 cm³/mol. The molecule has 0 atom stereocenters. The number of ether oxygens (including phenoxy) is 1. The van der Waals surface area contributed by atoms with Gasteiger partial charge in [0.25, 0.3) is 5.56 Å². The van der Waals surface area contributed by atoms with Crippen LogP contribution >= 0.6 is 0 Å². The summed E-state index contributed by atoms with van der Waals surface area (Å²) in [4.78, 5) is 23.6. The summed E-state index contributed by atoms with van der Waals surface area (Å²) in [6, 6.07) is 13.8. The van der Waals surface area contributed by atoms with Gasteiger partial charge in [0.1, 0.15) is 11.3 Å². The molecule has 3 aromatic rings. The minimum absolute atomic E-state index is 0.0480. The Balaban J connectivity index is 1.85. The second-order valence-electron chi connectivity index (χ2n) is 4.77. The van der Waals surface area contributed by atoms with E-state index < -0.39 is 0 Å². The van der Waals surface area contributed by atoms with Crippen molar-refractivity contribution in [2.24, 2.45) is 0 Å². The number of carbonyl (C=O) groups excluding carboxylic acids is 1. The van der Waals surface area contributed by atoms with Gasteiger partial charge >= 0.3 is 0 Å². The first-order valence-corrected chi connectivity index (χ1v) is 6.71. The number of fused-ring (bicyclic) bond motifs is 1. The molecule has 0 unspecified atom stereocenters. The number of hydrogen-bond acceptors (Lipinski definition) is 5. The molecule has 1 heterocycles. The van der Waals surface area contributed by atoms with Crippen LogP contribution in [-0.2, 0) is 6.73 Å². The number of rotatable bonds is 4. The number of ketones is 1. The molecule has 0 N–H and O–H groups in total. The number of carbonyl (C=O) groups is 1. The summed E-state index contributed by atoms with van der Waals surface area (Å²) in [5, 5.41) is 8.30. The highest BCUT2D eigenvalue weighted by Gasteiger charge is 2.06. The molecule has 0 saturated carbocycles. The van der Waals surface area contributed by atoms with Gasteiger partial charge in [-0.3, -0.25) is 9.59 Å². The zero-order valence-corrected chi connectivity index (χ0v) is 11.9. The highest BCUT2D eigenvalue weighted by atomic mass is 16.5. The molecule has 0 spiro atoms. The van der Waals surface area contributed by atoms with E-state index in [0.29, 0.717) is 22.2 Å². The number of benzene rings is 2. The molecule has 0 radical (unpaired) electrons. The summed E-state index contributed by atoms with van der Waals surface area (Å²) in [6.07, 6.45) is 0. The summed E-state index contributed by atoms with van der Waals surface area (Å²) in [5.74, 6) is 0.447. The molecule has 0 saturated heterocycles. The molecule has 0 aliphatic rings. The minimum Gasteiger partial charge on any atom is -0.471 e. The van der Waals surface area contributed by atoms with Crippen LogP contribution in [0.15, 0.2) is 53.3 Å². The standard InChI is InChI=1S/C16H13N3O3/c1-11(20)12-5-4-6-13(9-12)22-10-19-16(21)14-7-2-3-8-15(14)17-18-19/h2-9H,10H2,1H3. The van der Waals surface area contributed by atoms with E-state index in [1.165, 1.54) is 6.92 Å². The molecule has 2 aromatic carbocycles. The monoisotopic (exact) mass is 295 g/mol. The number of nitrogens with zero attached hydrogens (tertiary/aromatic N) is 3. The molecule has 3 rings (SSSR count). The molecule has 6 nitrogen and oxygen atoms in total. The van der Waals surface area contributed by atoms with Crippen LogP contribution in [0.3, 0.4) is 0 Å². The minimum atomic E-state index is -0.270. The van der Waals surface area contributed by atoms with Crippen molar-refractivity contribution in [1.29, 1.82) is 0 Å². The highest BCUT2D eigenvalue weighted by molar-refractivity contribution is 5.94. The molecule has 1 aromatic heterocycles. The maximum Gasteiger partial charge on any atom is 0.280 e. The summed E-state index contributed by atoms with van der Waals surface area (Å²) < 4.78 is 6.66. The van der Waals surface area contributed by atoms with E-state index in [1.807, 2.05) is 0 Å². The first-order chi connectivity index (χ1) is 10.6. The van der Waals surface area contributed by atoms with Crippen molar-refractivity contribution < 1.29 is 9.53 Å². The average molecular weight is 295 g/mol. The van der Waals surface area contributed by atoms with Crippen LogP contribution in [0.2, 0.25) is 0 Å². The predicted octanol–water partition coefficient (Wildman–Crippen LogP) is 2.03.